The molecule has 4 nitrogen and oxygen atoms in total. The van der Waals surface area contributed by atoms with Gasteiger partial charge in [-0.3, -0.25) is 10.1 Å². The molecule has 0 aliphatic carbocycles. The second kappa shape index (κ2) is 5.25. The van der Waals surface area contributed by atoms with E-state index in [1.165, 1.54) is 6.07 Å². The van der Waals surface area contributed by atoms with Gasteiger partial charge in [-0.1, -0.05) is 42.5 Å². The number of hydrogen-bond donors (Lipinski definition) is 0. The Kier molecular flexibility index (Phi) is 3.28. The Morgan fingerprint density at radius 3 is 2.14 bits per heavy atom. The molecule has 0 saturated heterocycles. The van der Waals surface area contributed by atoms with E-state index in [0.29, 0.717) is 0 Å². The highest BCUT2D eigenvalue weighted by atomic mass is 16.6. The van der Waals surface area contributed by atoms with Gasteiger partial charge in [-0.2, -0.15) is 0 Å². The second-order valence-electron chi connectivity index (χ2n) is 4.84. The number of rotatable bonds is 3. The van der Waals surface area contributed by atoms with E-state index in [-0.39, 0.29) is 10.6 Å². The first-order valence-corrected chi connectivity index (χ1v) is 6.63. The molecule has 0 fully saturated rings. The lowest BCUT2D eigenvalue weighted by Gasteiger charge is -2.08. The molecular formula is C17H14N2O2. The fraction of sp³-hybridized carbons (Fsp3) is 0.0588. The summed E-state index contributed by atoms with van der Waals surface area (Å²) in [6.45, 7) is 0. The van der Waals surface area contributed by atoms with Crippen LogP contribution in [0.2, 0.25) is 0 Å². The fourth-order valence-electron chi connectivity index (χ4n) is 2.48. The molecule has 0 radical (unpaired) electrons. The Bertz CT molecular complexity index is 792. The van der Waals surface area contributed by atoms with Gasteiger partial charge in [0.2, 0.25) is 0 Å². The summed E-state index contributed by atoms with van der Waals surface area (Å²) in [5.41, 5.74) is 4.11. The first-order chi connectivity index (χ1) is 10.2. The van der Waals surface area contributed by atoms with Crippen LogP contribution in [0.4, 0.5) is 5.69 Å². The molecule has 1 heterocycles. The van der Waals surface area contributed by atoms with Gasteiger partial charge in [0.05, 0.1) is 4.92 Å². The van der Waals surface area contributed by atoms with Gasteiger partial charge in [0.25, 0.3) is 5.69 Å². The van der Waals surface area contributed by atoms with Gasteiger partial charge in [-0.15, -0.1) is 0 Å². The lowest BCUT2D eigenvalue weighted by molar-refractivity contribution is -0.384. The van der Waals surface area contributed by atoms with Crippen LogP contribution < -0.4 is 0 Å². The molecule has 0 amide bonds. The van der Waals surface area contributed by atoms with Gasteiger partial charge in [-0.05, 0) is 17.7 Å². The minimum Gasteiger partial charge on any atom is -0.344 e. The van der Waals surface area contributed by atoms with Crippen LogP contribution in [-0.4, -0.2) is 9.49 Å². The third-order valence-electron chi connectivity index (χ3n) is 3.54. The molecule has 3 aromatic rings. The number of non-ortho nitro benzene ring substituents is 1. The molecule has 104 valence electrons. The number of benzene rings is 2. The zero-order valence-corrected chi connectivity index (χ0v) is 11.6. The maximum atomic E-state index is 10.9. The molecule has 0 aliphatic rings. The summed E-state index contributed by atoms with van der Waals surface area (Å²) in [4.78, 5) is 10.5. The minimum atomic E-state index is -0.370. The highest BCUT2D eigenvalue weighted by Gasteiger charge is 2.11. The van der Waals surface area contributed by atoms with E-state index in [4.69, 9.17) is 0 Å². The first kappa shape index (κ1) is 13.1. The molecule has 0 aliphatic heterocycles. The largest absolute Gasteiger partial charge is 0.344 e. The molecule has 21 heavy (non-hydrogen) atoms. The number of aromatic nitrogens is 1. The highest BCUT2D eigenvalue weighted by molar-refractivity contribution is 5.70. The lowest BCUT2D eigenvalue weighted by Crippen LogP contribution is -1.95. The smallest absolute Gasteiger partial charge is 0.270 e. The summed E-state index contributed by atoms with van der Waals surface area (Å²) in [5, 5.41) is 10.9. The van der Waals surface area contributed by atoms with E-state index < -0.39 is 0 Å². The van der Waals surface area contributed by atoms with Crippen LogP contribution >= 0.6 is 0 Å². The van der Waals surface area contributed by atoms with Gasteiger partial charge in [0, 0.05) is 36.1 Å². The van der Waals surface area contributed by atoms with Crippen LogP contribution in [0.5, 0.6) is 0 Å². The van der Waals surface area contributed by atoms with E-state index >= 15 is 0 Å². The Labute approximate surface area is 122 Å². The summed E-state index contributed by atoms with van der Waals surface area (Å²) in [7, 11) is 1.97. The maximum Gasteiger partial charge on any atom is 0.270 e. The van der Waals surface area contributed by atoms with Crippen LogP contribution in [0.25, 0.3) is 22.5 Å². The van der Waals surface area contributed by atoms with Crippen LogP contribution in [0.3, 0.4) is 0 Å². The van der Waals surface area contributed by atoms with Crippen LogP contribution in [0.15, 0.2) is 66.7 Å². The average molecular weight is 278 g/mol. The number of hydrogen-bond acceptors (Lipinski definition) is 2. The van der Waals surface area contributed by atoms with Crippen molar-refractivity contribution in [3.05, 3.63) is 76.8 Å². The van der Waals surface area contributed by atoms with Crippen molar-refractivity contribution in [1.82, 2.24) is 4.57 Å². The van der Waals surface area contributed by atoms with Crippen molar-refractivity contribution >= 4 is 5.69 Å². The fourth-order valence-corrected chi connectivity index (χ4v) is 2.48. The molecular weight excluding hydrogens is 264 g/mol. The highest BCUT2D eigenvalue weighted by Crippen LogP contribution is 2.29. The van der Waals surface area contributed by atoms with E-state index in [1.807, 2.05) is 60.1 Å². The van der Waals surface area contributed by atoms with Crippen molar-refractivity contribution in [3.63, 3.8) is 0 Å². The number of nitro groups is 1. The lowest BCUT2D eigenvalue weighted by atomic mass is 10.1. The second-order valence-corrected chi connectivity index (χ2v) is 4.84. The SMILES string of the molecule is Cn1c(-c2ccccc2)ccc1-c1cccc([N+](=O)[O-])c1. The molecule has 2 aromatic carbocycles. The van der Waals surface area contributed by atoms with Crippen LogP contribution in [-0.2, 0) is 7.05 Å². The molecule has 1 aromatic heterocycles. The van der Waals surface area contributed by atoms with E-state index in [9.17, 15) is 10.1 Å². The van der Waals surface area contributed by atoms with E-state index in [0.717, 1.165) is 22.5 Å². The van der Waals surface area contributed by atoms with Gasteiger partial charge in [-0.25, -0.2) is 0 Å². The monoisotopic (exact) mass is 278 g/mol. The molecule has 0 unspecified atom stereocenters. The van der Waals surface area contributed by atoms with Crippen LogP contribution in [0, 0.1) is 10.1 Å². The maximum absolute atomic E-state index is 10.9. The van der Waals surface area contributed by atoms with Gasteiger partial charge in [0.15, 0.2) is 0 Å². The Morgan fingerprint density at radius 2 is 1.48 bits per heavy atom. The third kappa shape index (κ3) is 2.43. The van der Waals surface area contributed by atoms with Crippen molar-refractivity contribution in [1.29, 1.82) is 0 Å². The Balaban J connectivity index is 2.07. The standard InChI is InChI=1S/C17H14N2O2/c1-18-16(13-6-3-2-4-7-13)10-11-17(18)14-8-5-9-15(12-14)19(20)21/h2-12H,1H3. The van der Waals surface area contributed by atoms with Crippen molar-refractivity contribution in [2.24, 2.45) is 7.05 Å². The molecule has 3 rings (SSSR count). The van der Waals surface area contributed by atoms with Crippen LogP contribution in [0.1, 0.15) is 0 Å². The molecule has 0 N–H and O–H groups in total. The first-order valence-electron chi connectivity index (χ1n) is 6.63. The summed E-state index contributed by atoms with van der Waals surface area (Å²) in [6, 6.07) is 20.8. The number of nitro benzene ring substituents is 1. The summed E-state index contributed by atoms with van der Waals surface area (Å²) in [6.07, 6.45) is 0. The van der Waals surface area contributed by atoms with E-state index in [1.54, 1.807) is 12.1 Å². The minimum absolute atomic E-state index is 0.106. The summed E-state index contributed by atoms with van der Waals surface area (Å²) >= 11 is 0. The van der Waals surface area contributed by atoms with Crippen molar-refractivity contribution < 1.29 is 4.92 Å². The zero-order valence-electron chi connectivity index (χ0n) is 11.6. The molecule has 0 spiro atoms. The van der Waals surface area contributed by atoms with Gasteiger partial charge in [0.1, 0.15) is 0 Å². The predicted octanol–water partition coefficient (Wildman–Crippen LogP) is 4.27. The Morgan fingerprint density at radius 1 is 0.857 bits per heavy atom. The normalized spacial score (nSPS) is 10.5. The zero-order chi connectivity index (χ0) is 14.8. The predicted molar refractivity (Wildman–Crippen MR) is 82.9 cm³/mol. The summed E-state index contributed by atoms with van der Waals surface area (Å²) in [5.74, 6) is 0. The average Bonchev–Trinajstić information content (AvgIpc) is 2.90. The topological polar surface area (TPSA) is 48.1 Å². The van der Waals surface area contributed by atoms with Crippen molar-refractivity contribution in [2.45, 2.75) is 0 Å². The van der Waals surface area contributed by atoms with E-state index in [2.05, 4.69) is 0 Å². The van der Waals surface area contributed by atoms with Gasteiger partial charge >= 0.3 is 0 Å². The number of nitrogens with zero attached hydrogens (tertiary/aromatic N) is 2. The third-order valence-corrected chi connectivity index (χ3v) is 3.54. The molecule has 0 saturated carbocycles. The molecule has 0 atom stereocenters. The van der Waals surface area contributed by atoms with Crippen molar-refractivity contribution in [3.8, 4) is 22.5 Å². The summed E-state index contributed by atoms with van der Waals surface area (Å²) < 4.78 is 2.05. The molecule has 4 heteroatoms. The quantitative estimate of drug-likeness (QED) is 0.530. The Hall–Kier alpha value is -2.88. The van der Waals surface area contributed by atoms with Crippen molar-refractivity contribution in [2.75, 3.05) is 0 Å². The van der Waals surface area contributed by atoms with Gasteiger partial charge < -0.3 is 4.57 Å². The molecule has 0 bridgehead atoms.